The predicted octanol–water partition coefficient (Wildman–Crippen LogP) is 8.74. The minimum Gasteiger partial charge on any atom is -0.457 e. The molecule has 6 unspecified atom stereocenters. The van der Waals surface area contributed by atoms with Crippen molar-refractivity contribution in [3.63, 3.8) is 0 Å². The molecule has 0 radical (unpaired) electrons. The lowest BCUT2D eigenvalue weighted by Gasteiger charge is -2.41. The minimum atomic E-state index is -5.07. The topological polar surface area (TPSA) is 178 Å². The van der Waals surface area contributed by atoms with Crippen LogP contribution in [0.2, 0.25) is 0 Å². The predicted molar refractivity (Wildman–Crippen MR) is 229 cm³/mol. The van der Waals surface area contributed by atoms with E-state index in [0.717, 1.165) is 83.5 Å². The summed E-state index contributed by atoms with van der Waals surface area (Å²) < 4.78 is 58.9. The molecule has 1 aliphatic rings. The van der Waals surface area contributed by atoms with Crippen molar-refractivity contribution < 1.29 is 56.2 Å². The van der Waals surface area contributed by atoms with Crippen LogP contribution < -0.4 is 0 Å². The van der Waals surface area contributed by atoms with Crippen LogP contribution in [0.1, 0.15) is 142 Å². The normalized spacial score (nSPS) is 21.2. The number of aliphatic hydroxyl groups excluding tert-OH is 3. The van der Waals surface area contributed by atoms with E-state index in [1.54, 1.807) is 0 Å². The fourth-order valence-corrected chi connectivity index (χ4v) is 6.62. The maximum atomic E-state index is 12.8. The lowest BCUT2D eigenvalue weighted by atomic mass is 9.99. The second-order valence-corrected chi connectivity index (χ2v) is 15.6. The largest absolute Gasteiger partial charge is 0.457 e. The number of aliphatic hydroxyl groups is 3. The van der Waals surface area contributed by atoms with E-state index in [1.807, 2.05) is 0 Å². The summed E-state index contributed by atoms with van der Waals surface area (Å²) in [5.74, 6) is -0.435. The molecule has 1 fully saturated rings. The zero-order valence-corrected chi connectivity index (χ0v) is 36.1. The molecular weight excluding hydrogens is 765 g/mol. The summed E-state index contributed by atoms with van der Waals surface area (Å²) in [4.78, 5) is 12.8. The Balaban J connectivity index is 2.46. The van der Waals surface area contributed by atoms with Crippen molar-refractivity contribution in [2.75, 3.05) is 26.4 Å². The molecule has 0 aromatic heterocycles. The van der Waals surface area contributed by atoms with Crippen molar-refractivity contribution in [3.05, 3.63) is 72.9 Å². The first-order chi connectivity index (χ1) is 28.1. The van der Waals surface area contributed by atoms with Crippen molar-refractivity contribution in [2.24, 2.45) is 0 Å². The first-order valence-electron chi connectivity index (χ1n) is 21.7. The molecule has 1 rings (SSSR count). The molecule has 6 atom stereocenters. The fourth-order valence-electron chi connectivity index (χ4n) is 6.11. The second kappa shape index (κ2) is 36.4. The van der Waals surface area contributed by atoms with Gasteiger partial charge in [0.15, 0.2) is 6.29 Å². The average Bonchev–Trinajstić information content (AvgIpc) is 3.19. The molecule has 0 spiro atoms. The van der Waals surface area contributed by atoms with Gasteiger partial charge >= 0.3 is 16.4 Å². The Morgan fingerprint density at radius 3 is 1.66 bits per heavy atom. The van der Waals surface area contributed by atoms with Crippen molar-refractivity contribution >= 4 is 16.4 Å². The van der Waals surface area contributed by atoms with E-state index >= 15 is 0 Å². The number of unbranched alkanes of at least 4 members (excludes halogenated alkanes) is 11. The van der Waals surface area contributed by atoms with Crippen LogP contribution in [0.4, 0.5) is 0 Å². The standard InChI is InChI=1S/C45H76O12S/c1-3-5-7-9-11-13-15-17-18-19-20-21-23-25-27-29-31-33-35-53-37-39(38-54-45-43(49)44(57-58(50,51)52)42(48)40(36-46)56-45)55-41(47)34-32-30-28-26-24-22-16-14-12-10-8-6-4-2/h5-8,11-14,17-18,22,24,39-40,42-46,48-49H,3-4,9-10,15-16,19-21,23,25-38H2,1-2H3,(H,50,51,52)/b7-5-,8-6-,13-11-,14-12-,18-17-,24-22-. The van der Waals surface area contributed by atoms with E-state index in [-0.39, 0.29) is 19.6 Å². The lowest BCUT2D eigenvalue weighted by molar-refractivity contribution is -0.301. The summed E-state index contributed by atoms with van der Waals surface area (Å²) in [6.07, 6.45) is 36.6. The van der Waals surface area contributed by atoms with Gasteiger partial charge in [-0.25, -0.2) is 4.18 Å². The van der Waals surface area contributed by atoms with E-state index < -0.39 is 59.8 Å². The number of esters is 1. The summed E-state index contributed by atoms with van der Waals surface area (Å²) >= 11 is 0. The molecule has 58 heavy (non-hydrogen) atoms. The van der Waals surface area contributed by atoms with Crippen LogP contribution in [0.5, 0.6) is 0 Å². The quantitative estimate of drug-likeness (QED) is 0.0204. The van der Waals surface area contributed by atoms with Crippen LogP contribution in [0.15, 0.2) is 72.9 Å². The number of hydrogen-bond donors (Lipinski definition) is 4. The Kier molecular flexibility index (Phi) is 33.6. The number of allylic oxidation sites excluding steroid dienone is 12. The fraction of sp³-hybridized carbons (Fsp3) is 0.711. The third kappa shape index (κ3) is 29.7. The van der Waals surface area contributed by atoms with Crippen molar-refractivity contribution in [1.82, 2.24) is 0 Å². The molecule has 0 bridgehead atoms. The molecule has 1 aliphatic heterocycles. The molecule has 0 aliphatic carbocycles. The molecule has 334 valence electrons. The van der Waals surface area contributed by atoms with Gasteiger partial charge in [-0.15, -0.1) is 0 Å². The summed E-state index contributed by atoms with van der Waals surface area (Å²) in [5.41, 5.74) is 0. The van der Waals surface area contributed by atoms with Crippen LogP contribution >= 0.6 is 0 Å². The van der Waals surface area contributed by atoms with Gasteiger partial charge in [0, 0.05) is 13.0 Å². The second-order valence-electron chi connectivity index (χ2n) is 14.5. The maximum Gasteiger partial charge on any atom is 0.397 e. The van der Waals surface area contributed by atoms with Crippen molar-refractivity contribution in [1.29, 1.82) is 0 Å². The van der Waals surface area contributed by atoms with Gasteiger partial charge < -0.3 is 34.3 Å². The molecule has 0 saturated carbocycles. The van der Waals surface area contributed by atoms with E-state index in [2.05, 4.69) is 90.9 Å². The van der Waals surface area contributed by atoms with Gasteiger partial charge in [-0.05, 0) is 77.0 Å². The molecule has 0 amide bonds. The van der Waals surface area contributed by atoms with Gasteiger partial charge in [-0.1, -0.05) is 132 Å². The van der Waals surface area contributed by atoms with Crippen LogP contribution in [0, 0.1) is 0 Å². The highest BCUT2D eigenvalue weighted by Gasteiger charge is 2.48. The third-order valence-corrected chi connectivity index (χ3v) is 9.79. The third-order valence-electron chi connectivity index (χ3n) is 9.32. The summed E-state index contributed by atoms with van der Waals surface area (Å²) in [5, 5.41) is 30.6. The van der Waals surface area contributed by atoms with E-state index in [9.17, 15) is 28.5 Å². The number of rotatable bonds is 36. The zero-order valence-electron chi connectivity index (χ0n) is 35.3. The number of hydrogen-bond acceptors (Lipinski definition) is 11. The number of carbonyl (C=O) groups excluding carboxylic acids is 1. The van der Waals surface area contributed by atoms with Crippen LogP contribution in [-0.4, -0.2) is 97.5 Å². The Hall–Kier alpha value is -2.46. The summed E-state index contributed by atoms with van der Waals surface area (Å²) in [6.45, 7) is 3.68. The number of carbonyl (C=O) groups is 1. The molecule has 0 aromatic rings. The maximum absolute atomic E-state index is 12.8. The molecule has 1 heterocycles. The minimum absolute atomic E-state index is 0.0146. The van der Waals surface area contributed by atoms with Gasteiger partial charge in [-0.2, -0.15) is 8.42 Å². The molecule has 1 saturated heterocycles. The van der Waals surface area contributed by atoms with E-state index in [1.165, 1.54) is 32.1 Å². The highest BCUT2D eigenvalue weighted by atomic mass is 32.3. The number of ether oxygens (including phenoxy) is 4. The highest BCUT2D eigenvalue weighted by Crippen LogP contribution is 2.26. The Bertz CT molecular complexity index is 1290. The van der Waals surface area contributed by atoms with Gasteiger partial charge in [-0.3, -0.25) is 9.35 Å². The lowest BCUT2D eigenvalue weighted by Crippen LogP contribution is -2.60. The monoisotopic (exact) mass is 841 g/mol. The van der Waals surface area contributed by atoms with Gasteiger partial charge in [0.05, 0.1) is 19.8 Å². The van der Waals surface area contributed by atoms with Crippen LogP contribution in [0.25, 0.3) is 0 Å². The van der Waals surface area contributed by atoms with Crippen LogP contribution in [-0.2, 0) is 38.3 Å². The first-order valence-corrected chi connectivity index (χ1v) is 23.1. The summed E-state index contributed by atoms with van der Waals surface area (Å²) in [6, 6.07) is 0. The van der Waals surface area contributed by atoms with Crippen LogP contribution in [0.3, 0.4) is 0 Å². The Morgan fingerprint density at radius 1 is 0.655 bits per heavy atom. The molecule has 12 nitrogen and oxygen atoms in total. The zero-order chi connectivity index (χ0) is 42.5. The van der Waals surface area contributed by atoms with E-state index in [0.29, 0.717) is 13.0 Å². The molecular formula is C45H76O12S. The molecule has 4 N–H and O–H groups in total. The van der Waals surface area contributed by atoms with E-state index in [4.69, 9.17) is 23.5 Å². The van der Waals surface area contributed by atoms with Gasteiger partial charge in [0.2, 0.25) is 0 Å². The molecule has 0 aromatic carbocycles. The summed E-state index contributed by atoms with van der Waals surface area (Å²) in [7, 11) is -5.07. The van der Waals surface area contributed by atoms with Gasteiger partial charge in [0.25, 0.3) is 0 Å². The van der Waals surface area contributed by atoms with Gasteiger partial charge in [0.1, 0.15) is 30.5 Å². The smallest absolute Gasteiger partial charge is 0.397 e. The average molecular weight is 841 g/mol. The van der Waals surface area contributed by atoms with Crippen molar-refractivity contribution in [3.8, 4) is 0 Å². The Morgan fingerprint density at radius 2 is 1.14 bits per heavy atom. The van der Waals surface area contributed by atoms with Crippen molar-refractivity contribution in [2.45, 2.75) is 179 Å². The SMILES string of the molecule is CC/C=C\C/C=C\C/C=C\CCCCCCCCCCOCC(COC1OC(CO)C(O)C(OS(=O)(=O)O)C1O)OC(=O)CCCCC/C=C\C/C=C\C/C=C\CC. The molecule has 13 heteroatoms. The first kappa shape index (κ1) is 53.6. The Labute approximate surface area is 350 Å². The highest BCUT2D eigenvalue weighted by molar-refractivity contribution is 7.80.